The van der Waals surface area contributed by atoms with Gasteiger partial charge in [0.05, 0.1) is 29.3 Å². The van der Waals surface area contributed by atoms with E-state index in [0.29, 0.717) is 26.8 Å². The minimum atomic E-state index is -0.595. The van der Waals surface area contributed by atoms with Crippen molar-refractivity contribution in [1.29, 1.82) is 0 Å². The third kappa shape index (κ3) is 5.00. The highest BCUT2D eigenvalue weighted by Crippen LogP contribution is 2.39. The maximum atomic E-state index is 13.2. The van der Waals surface area contributed by atoms with Gasteiger partial charge in [0, 0.05) is 4.88 Å². The van der Waals surface area contributed by atoms with Gasteiger partial charge in [-0.2, -0.15) is 5.10 Å². The van der Waals surface area contributed by atoms with Crippen molar-refractivity contribution in [2.75, 3.05) is 11.9 Å². The highest BCUT2D eigenvalue weighted by atomic mass is 32.2. The van der Waals surface area contributed by atoms with Gasteiger partial charge in [0.15, 0.2) is 10.8 Å². The molecule has 0 saturated carbocycles. The van der Waals surface area contributed by atoms with Gasteiger partial charge in [0.2, 0.25) is 5.91 Å². The fraction of sp³-hybridized carbons (Fsp3) is 0.370. The molecule has 0 radical (unpaired) electrons. The number of fused-ring (bicyclic) bond motifs is 2. The van der Waals surface area contributed by atoms with Gasteiger partial charge in [-0.1, -0.05) is 17.8 Å². The van der Waals surface area contributed by atoms with Crippen LogP contribution in [0, 0.1) is 13.8 Å². The number of nitrogens with one attached hydrogen (secondary N) is 2. The molecule has 198 valence electrons. The lowest BCUT2D eigenvalue weighted by Crippen LogP contribution is -2.24. The second kappa shape index (κ2) is 10.7. The van der Waals surface area contributed by atoms with Crippen molar-refractivity contribution in [3.05, 3.63) is 61.9 Å². The molecule has 11 heteroatoms. The van der Waals surface area contributed by atoms with Crippen LogP contribution in [0.3, 0.4) is 0 Å². The van der Waals surface area contributed by atoms with Crippen molar-refractivity contribution in [3.63, 3.8) is 0 Å². The van der Waals surface area contributed by atoms with Gasteiger partial charge in [0.25, 0.3) is 5.56 Å². The number of esters is 1. The van der Waals surface area contributed by atoms with E-state index in [0.717, 1.165) is 64.7 Å². The topological polar surface area (TPSA) is 119 Å². The maximum Gasteiger partial charge on any atom is 0.341 e. The van der Waals surface area contributed by atoms with Crippen molar-refractivity contribution in [2.45, 2.75) is 63.8 Å². The Morgan fingerprint density at radius 1 is 1.24 bits per heavy atom. The third-order valence-electron chi connectivity index (χ3n) is 6.70. The number of carbonyl (C=O) groups is 2. The number of anilines is 1. The number of hydrogen-bond donors (Lipinski definition) is 2. The monoisotopic (exact) mass is 551 g/mol. The maximum absolute atomic E-state index is 13.2. The Morgan fingerprint density at radius 2 is 2.03 bits per heavy atom. The summed E-state index contributed by atoms with van der Waals surface area (Å²) in [6.45, 7) is 7.82. The van der Waals surface area contributed by atoms with Gasteiger partial charge in [-0.05, 0) is 82.2 Å². The van der Waals surface area contributed by atoms with E-state index < -0.39 is 11.2 Å². The normalized spacial score (nSPS) is 13.8. The van der Waals surface area contributed by atoms with Crippen LogP contribution < -0.4 is 10.9 Å². The molecule has 0 saturated heterocycles. The predicted octanol–water partition coefficient (Wildman–Crippen LogP) is 4.96. The molecule has 2 N–H and O–H groups in total. The highest BCUT2D eigenvalue weighted by Gasteiger charge is 2.28. The van der Waals surface area contributed by atoms with Crippen LogP contribution in [0.15, 0.2) is 34.3 Å². The Labute approximate surface area is 228 Å². The lowest BCUT2D eigenvalue weighted by Gasteiger charge is -2.13. The Bertz CT molecular complexity index is 1600. The van der Waals surface area contributed by atoms with Crippen molar-refractivity contribution >= 4 is 51.0 Å². The standard InChI is InChI=1S/C27H29N5O4S2/c1-5-36-26(35)21-18-8-6-7-9-20(18)38-25(21)30-23(33)16(4)37-27-29-22-19(24(34)31-27)13-28-32(22)17-11-10-14(2)15(3)12-17/h10-13,16H,5-9H2,1-4H3,(H,30,33)(H,29,31,34)/t16-/m1/s1. The number of nitrogens with zero attached hydrogens (tertiary/aromatic N) is 3. The van der Waals surface area contributed by atoms with Crippen molar-refractivity contribution < 1.29 is 14.3 Å². The molecule has 0 unspecified atom stereocenters. The lowest BCUT2D eigenvalue weighted by atomic mass is 9.95. The van der Waals surface area contributed by atoms with Gasteiger partial charge in [-0.3, -0.25) is 9.59 Å². The Balaban J connectivity index is 1.40. The zero-order chi connectivity index (χ0) is 27.0. The number of aromatic nitrogens is 4. The van der Waals surface area contributed by atoms with E-state index >= 15 is 0 Å². The number of benzene rings is 1. The summed E-state index contributed by atoms with van der Waals surface area (Å²) in [4.78, 5) is 47.3. The Morgan fingerprint density at radius 3 is 2.79 bits per heavy atom. The van der Waals surface area contributed by atoms with Crippen LogP contribution in [0.1, 0.15) is 58.6 Å². The van der Waals surface area contributed by atoms with Crippen LogP contribution in [0.2, 0.25) is 0 Å². The zero-order valence-electron chi connectivity index (χ0n) is 21.7. The molecule has 9 nitrogen and oxygen atoms in total. The summed E-state index contributed by atoms with van der Waals surface area (Å²) in [6, 6.07) is 5.93. The molecule has 1 atom stereocenters. The average Bonchev–Trinajstić information content (AvgIpc) is 3.47. The molecule has 3 aromatic heterocycles. The molecule has 1 aliphatic rings. The van der Waals surface area contributed by atoms with Crippen LogP contribution in [0.5, 0.6) is 0 Å². The number of thioether (sulfide) groups is 1. The largest absolute Gasteiger partial charge is 0.462 e. The number of thiophene rings is 1. The summed E-state index contributed by atoms with van der Waals surface area (Å²) in [5, 5.41) is 7.94. The molecule has 4 aromatic rings. The van der Waals surface area contributed by atoms with Gasteiger partial charge in [-0.25, -0.2) is 14.5 Å². The van der Waals surface area contributed by atoms with E-state index in [-0.39, 0.29) is 18.1 Å². The molecular formula is C27H29N5O4S2. The van der Waals surface area contributed by atoms with Gasteiger partial charge >= 0.3 is 5.97 Å². The van der Waals surface area contributed by atoms with E-state index in [4.69, 9.17) is 4.74 Å². The summed E-state index contributed by atoms with van der Waals surface area (Å²) < 4.78 is 6.92. The second-order valence-corrected chi connectivity index (χ2v) is 11.8. The number of rotatable bonds is 7. The SMILES string of the molecule is CCOC(=O)c1c(NC(=O)[C@@H](C)Sc2nc3c(cnn3-c3ccc(C)c(C)c3)c(=O)[nH]2)sc2c1CCCC2. The molecule has 3 heterocycles. The van der Waals surface area contributed by atoms with Crippen molar-refractivity contribution in [2.24, 2.45) is 0 Å². The molecular weight excluding hydrogens is 522 g/mol. The van der Waals surface area contributed by atoms with Crippen molar-refractivity contribution in [1.82, 2.24) is 19.7 Å². The first kappa shape index (κ1) is 26.2. The Hall–Kier alpha value is -3.44. The fourth-order valence-electron chi connectivity index (χ4n) is 4.51. The van der Waals surface area contributed by atoms with E-state index in [1.807, 2.05) is 32.0 Å². The smallest absolute Gasteiger partial charge is 0.341 e. The molecule has 0 spiro atoms. The van der Waals surface area contributed by atoms with E-state index in [1.165, 1.54) is 17.5 Å². The minimum Gasteiger partial charge on any atom is -0.462 e. The molecule has 0 bridgehead atoms. The highest BCUT2D eigenvalue weighted by molar-refractivity contribution is 8.00. The Kier molecular flexibility index (Phi) is 7.40. The van der Waals surface area contributed by atoms with Crippen LogP contribution in [0.4, 0.5) is 5.00 Å². The van der Waals surface area contributed by atoms with E-state index in [1.54, 1.807) is 18.5 Å². The summed E-state index contributed by atoms with van der Waals surface area (Å²) in [6.07, 6.45) is 5.27. The average molecular weight is 552 g/mol. The summed E-state index contributed by atoms with van der Waals surface area (Å²) in [5.74, 6) is -0.692. The number of aromatic amines is 1. The fourth-order valence-corrected chi connectivity index (χ4v) is 6.58. The van der Waals surface area contributed by atoms with Crippen LogP contribution in [-0.2, 0) is 22.4 Å². The summed E-state index contributed by atoms with van der Waals surface area (Å²) in [5.41, 5.74) is 4.63. The van der Waals surface area contributed by atoms with Crippen LogP contribution in [-0.4, -0.2) is 43.5 Å². The van der Waals surface area contributed by atoms with Gasteiger partial charge in [-0.15, -0.1) is 11.3 Å². The molecule has 1 aliphatic carbocycles. The molecule has 0 aliphatic heterocycles. The third-order valence-corrected chi connectivity index (χ3v) is 8.89. The van der Waals surface area contributed by atoms with Gasteiger partial charge < -0.3 is 15.0 Å². The number of hydrogen-bond acceptors (Lipinski definition) is 8. The van der Waals surface area contributed by atoms with Crippen LogP contribution >= 0.6 is 23.1 Å². The molecule has 38 heavy (non-hydrogen) atoms. The predicted molar refractivity (Wildman–Crippen MR) is 150 cm³/mol. The summed E-state index contributed by atoms with van der Waals surface area (Å²) in [7, 11) is 0. The minimum absolute atomic E-state index is 0.267. The van der Waals surface area contributed by atoms with E-state index in [2.05, 4.69) is 20.4 Å². The number of amides is 1. The number of carbonyl (C=O) groups excluding carboxylic acids is 2. The first-order chi connectivity index (χ1) is 18.3. The summed E-state index contributed by atoms with van der Waals surface area (Å²) >= 11 is 2.59. The molecule has 0 fully saturated rings. The lowest BCUT2D eigenvalue weighted by molar-refractivity contribution is -0.115. The number of aryl methyl sites for hydroxylation is 3. The van der Waals surface area contributed by atoms with Crippen LogP contribution in [0.25, 0.3) is 16.7 Å². The first-order valence-corrected chi connectivity index (χ1v) is 14.3. The second-order valence-electron chi connectivity index (χ2n) is 9.32. The number of H-pyrrole nitrogens is 1. The zero-order valence-corrected chi connectivity index (χ0v) is 23.3. The first-order valence-electron chi connectivity index (χ1n) is 12.6. The molecule has 1 aromatic carbocycles. The quantitative estimate of drug-likeness (QED) is 0.189. The number of ether oxygens (including phenoxy) is 1. The van der Waals surface area contributed by atoms with Gasteiger partial charge in [0.1, 0.15) is 10.4 Å². The van der Waals surface area contributed by atoms with Crippen molar-refractivity contribution in [3.8, 4) is 5.69 Å². The van der Waals surface area contributed by atoms with E-state index in [9.17, 15) is 14.4 Å². The molecule has 5 rings (SSSR count). The molecule has 1 amide bonds.